The number of aromatic nitrogens is 3. The first-order chi connectivity index (χ1) is 9.57. The number of carbonyl (C=O) groups is 1. The predicted octanol–water partition coefficient (Wildman–Crippen LogP) is 0.700. The molecule has 20 heavy (non-hydrogen) atoms. The topological polar surface area (TPSA) is 92.1 Å². The third-order valence-corrected chi connectivity index (χ3v) is 3.67. The molecule has 1 aromatic rings. The van der Waals surface area contributed by atoms with E-state index in [1.807, 2.05) is 0 Å². The summed E-state index contributed by atoms with van der Waals surface area (Å²) in [5, 5.41) is 19.9. The van der Waals surface area contributed by atoms with Gasteiger partial charge in [-0.05, 0) is 12.8 Å². The second-order valence-corrected chi connectivity index (χ2v) is 5.51. The van der Waals surface area contributed by atoms with Crippen molar-refractivity contribution in [2.45, 2.75) is 50.7 Å². The molecule has 0 aromatic carbocycles. The van der Waals surface area contributed by atoms with Crippen LogP contribution in [0.15, 0.2) is 6.33 Å². The van der Waals surface area contributed by atoms with E-state index in [2.05, 4.69) is 20.7 Å². The molecule has 1 aromatic heterocycles. The SMILES string of the molecule is Cn1cnc(CNC(=O)NCC2(O)CCCCCC2)n1. The van der Waals surface area contributed by atoms with E-state index in [-0.39, 0.29) is 12.6 Å². The van der Waals surface area contributed by atoms with Gasteiger partial charge in [0.25, 0.3) is 0 Å². The van der Waals surface area contributed by atoms with Gasteiger partial charge in [0.05, 0.1) is 12.1 Å². The molecule has 1 fully saturated rings. The molecule has 0 bridgehead atoms. The van der Waals surface area contributed by atoms with Crippen LogP contribution in [0.1, 0.15) is 44.3 Å². The van der Waals surface area contributed by atoms with Crippen LogP contribution in [-0.4, -0.2) is 38.0 Å². The predicted molar refractivity (Wildman–Crippen MR) is 73.9 cm³/mol. The zero-order valence-corrected chi connectivity index (χ0v) is 11.9. The quantitative estimate of drug-likeness (QED) is 0.708. The molecule has 2 rings (SSSR count). The average Bonchev–Trinajstić information content (AvgIpc) is 2.71. The Morgan fingerprint density at radius 1 is 1.35 bits per heavy atom. The minimum absolute atomic E-state index is 0.283. The van der Waals surface area contributed by atoms with Gasteiger partial charge in [0.2, 0.25) is 0 Å². The molecule has 3 N–H and O–H groups in total. The third kappa shape index (κ3) is 4.48. The number of nitrogens with one attached hydrogen (secondary N) is 2. The van der Waals surface area contributed by atoms with Gasteiger partial charge in [0.1, 0.15) is 6.33 Å². The molecule has 0 aliphatic heterocycles. The highest BCUT2D eigenvalue weighted by Crippen LogP contribution is 2.26. The highest BCUT2D eigenvalue weighted by molar-refractivity contribution is 5.73. The van der Waals surface area contributed by atoms with Gasteiger partial charge in [-0.15, -0.1) is 0 Å². The van der Waals surface area contributed by atoms with Crippen LogP contribution < -0.4 is 10.6 Å². The van der Waals surface area contributed by atoms with Crippen LogP contribution in [0, 0.1) is 0 Å². The van der Waals surface area contributed by atoms with Crippen LogP contribution in [0.2, 0.25) is 0 Å². The number of carbonyl (C=O) groups excluding carboxylic acids is 1. The fraction of sp³-hybridized carbons (Fsp3) is 0.769. The summed E-state index contributed by atoms with van der Waals surface area (Å²) in [6.45, 7) is 0.583. The van der Waals surface area contributed by atoms with Crippen LogP contribution in [0.5, 0.6) is 0 Å². The minimum atomic E-state index is -0.753. The number of aliphatic hydroxyl groups is 1. The lowest BCUT2D eigenvalue weighted by Crippen LogP contribution is -2.46. The fourth-order valence-corrected chi connectivity index (χ4v) is 2.50. The average molecular weight is 281 g/mol. The lowest BCUT2D eigenvalue weighted by Gasteiger charge is -2.26. The summed E-state index contributed by atoms with van der Waals surface area (Å²) in [6, 6.07) is -0.296. The standard InChI is InChI=1S/C13H23N5O2/c1-18-10-16-11(17-18)8-14-12(19)15-9-13(20)6-4-2-3-5-7-13/h10,20H,2-9H2,1H3,(H2,14,15,19). The first-order valence-corrected chi connectivity index (χ1v) is 7.16. The molecule has 112 valence electrons. The highest BCUT2D eigenvalue weighted by Gasteiger charge is 2.28. The fourth-order valence-electron chi connectivity index (χ4n) is 2.50. The van der Waals surface area contributed by atoms with Crippen LogP contribution in [0.4, 0.5) is 4.79 Å². The number of aryl methyl sites for hydroxylation is 1. The minimum Gasteiger partial charge on any atom is -0.388 e. The Kier molecular flexibility index (Phi) is 4.94. The van der Waals surface area contributed by atoms with E-state index >= 15 is 0 Å². The van der Waals surface area contributed by atoms with E-state index in [0.717, 1.165) is 25.7 Å². The maximum absolute atomic E-state index is 11.7. The molecule has 0 radical (unpaired) electrons. The normalized spacial score (nSPS) is 18.3. The summed E-state index contributed by atoms with van der Waals surface area (Å²) in [5.41, 5.74) is -0.753. The molecule has 7 heteroatoms. The van der Waals surface area contributed by atoms with Gasteiger partial charge in [-0.1, -0.05) is 25.7 Å². The Balaban J connectivity index is 1.71. The molecular weight excluding hydrogens is 258 g/mol. The number of hydrogen-bond donors (Lipinski definition) is 3. The number of amides is 2. The summed E-state index contributed by atoms with van der Waals surface area (Å²) >= 11 is 0. The van der Waals surface area contributed by atoms with E-state index in [1.165, 1.54) is 12.8 Å². The van der Waals surface area contributed by atoms with Crippen LogP contribution in [-0.2, 0) is 13.6 Å². The van der Waals surface area contributed by atoms with Crippen molar-refractivity contribution in [2.24, 2.45) is 7.05 Å². The maximum atomic E-state index is 11.7. The van der Waals surface area contributed by atoms with Crippen molar-refractivity contribution in [2.75, 3.05) is 6.54 Å². The third-order valence-electron chi connectivity index (χ3n) is 3.67. The molecule has 0 spiro atoms. The van der Waals surface area contributed by atoms with Gasteiger partial charge >= 0.3 is 6.03 Å². The van der Waals surface area contributed by atoms with E-state index in [9.17, 15) is 9.90 Å². The first kappa shape index (κ1) is 14.8. The molecule has 0 saturated heterocycles. The van der Waals surface area contributed by atoms with Crippen molar-refractivity contribution in [3.05, 3.63) is 12.2 Å². The van der Waals surface area contributed by atoms with Gasteiger partial charge in [-0.3, -0.25) is 4.68 Å². The molecular formula is C13H23N5O2. The summed E-state index contributed by atoms with van der Waals surface area (Å²) in [4.78, 5) is 15.7. The largest absolute Gasteiger partial charge is 0.388 e. The van der Waals surface area contributed by atoms with Crippen molar-refractivity contribution in [1.29, 1.82) is 0 Å². The number of rotatable bonds is 4. The van der Waals surface area contributed by atoms with E-state index in [4.69, 9.17) is 0 Å². The molecule has 1 saturated carbocycles. The second kappa shape index (κ2) is 6.69. The Hall–Kier alpha value is -1.63. The molecule has 7 nitrogen and oxygen atoms in total. The van der Waals surface area contributed by atoms with Gasteiger partial charge in [0.15, 0.2) is 5.82 Å². The monoisotopic (exact) mass is 281 g/mol. The molecule has 1 aliphatic carbocycles. The van der Waals surface area contributed by atoms with Gasteiger partial charge in [-0.25, -0.2) is 9.78 Å². The van der Waals surface area contributed by atoms with Crippen LogP contribution in [0.3, 0.4) is 0 Å². The first-order valence-electron chi connectivity index (χ1n) is 7.16. The Morgan fingerprint density at radius 2 is 2.05 bits per heavy atom. The zero-order chi connectivity index (χ0) is 14.4. The van der Waals surface area contributed by atoms with Crippen molar-refractivity contribution < 1.29 is 9.90 Å². The number of urea groups is 1. The lowest BCUT2D eigenvalue weighted by atomic mass is 9.95. The Labute approximate surface area is 118 Å². The summed E-state index contributed by atoms with van der Waals surface area (Å²) in [7, 11) is 1.78. The van der Waals surface area contributed by atoms with Crippen molar-refractivity contribution in [1.82, 2.24) is 25.4 Å². The second-order valence-electron chi connectivity index (χ2n) is 5.51. The van der Waals surface area contributed by atoms with Crippen LogP contribution >= 0.6 is 0 Å². The Bertz CT molecular complexity index is 438. The summed E-state index contributed by atoms with van der Waals surface area (Å²) in [5.74, 6) is 0.566. The molecule has 0 atom stereocenters. The molecule has 0 unspecified atom stereocenters. The molecule has 1 aliphatic rings. The highest BCUT2D eigenvalue weighted by atomic mass is 16.3. The van der Waals surface area contributed by atoms with Gasteiger partial charge in [-0.2, -0.15) is 5.10 Å². The van der Waals surface area contributed by atoms with Gasteiger partial charge < -0.3 is 15.7 Å². The number of nitrogens with zero attached hydrogens (tertiary/aromatic N) is 3. The van der Waals surface area contributed by atoms with Crippen LogP contribution in [0.25, 0.3) is 0 Å². The van der Waals surface area contributed by atoms with E-state index in [1.54, 1.807) is 18.1 Å². The lowest BCUT2D eigenvalue weighted by molar-refractivity contribution is 0.0276. The van der Waals surface area contributed by atoms with E-state index in [0.29, 0.717) is 12.4 Å². The van der Waals surface area contributed by atoms with Crippen molar-refractivity contribution >= 4 is 6.03 Å². The van der Waals surface area contributed by atoms with Crippen molar-refractivity contribution in [3.8, 4) is 0 Å². The van der Waals surface area contributed by atoms with Gasteiger partial charge in [0, 0.05) is 13.6 Å². The molecule has 1 heterocycles. The molecule has 2 amide bonds. The maximum Gasteiger partial charge on any atom is 0.315 e. The zero-order valence-electron chi connectivity index (χ0n) is 11.9. The Morgan fingerprint density at radius 3 is 2.65 bits per heavy atom. The summed E-state index contributed by atoms with van der Waals surface area (Å²) in [6.07, 6.45) is 7.49. The smallest absolute Gasteiger partial charge is 0.315 e. The van der Waals surface area contributed by atoms with E-state index < -0.39 is 5.60 Å². The van der Waals surface area contributed by atoms with Crippen molar-refractivity contribution in [3.63, 3.8) is 0 Å². The number of hydrogen-bond acceptors (Lipinski definition) is 4. The summed E-state index contributed by atoms with van der Waals surface area (Å²) < 4.78 is 1.59.